The van der Waals surface area contributed by atoms with Crippen molar-refractivity contribution in [3.63, 3.8) is 0 Å². The Bertz CT molecular complexity index is 3900. The molecule has 4 heteroatoms. The van der Waals surface area contributed by atoms with Crippen LogP contribution >= 0.6 is 0 Å². The Kier molecular flexibility index (Phi) is 10.1. The summed E-state index contributed by atoms with van der Waals surface area (Å²) in [5, 5.41) is 3.49. The van der Waals surface area contributed by atoms with Gasteiger partial charge in [-0.1, -0.05) is 213 Å². The highest BCUT2D eigenvalue weighted by atomic mass is 15.2. The fourth-order valence-corrected chi connectivity index (χ4v) is 11.2. The Morgan fingerprint density at radius 1 is 0.479 bits per heavy atom. The Balaban J connectivity index is 1.05. The second kappa shape index (κ2) is 17.1. The standard InChI is InChI=1S/C67H46N4/c1-3-4-8-21-44(2)59-43-60(70-66(69-59)48-24-11-6-12-25-48)46-36-34-45(35-37-46)49-38-40-54-53(42-49)64-57(41-39-52-63(64)51-28-15-18-31-58(51)68-65(52)47-22-9-5-10-23-47)67(54)55-29-16-19-32-61(55)71(50-26-13-7-14-27-50)62-33-20-17-30-56(62)67/h3-43H,1H2,2H3/b8-4-,44-21+. The maximum Gasteiger partial charge on any atom is 0.160 e. The van der Waals surface area contributed by atoms with E-state index in [1.165, 1.54) is 50.1 Å². The van der Waals surface area contributed by atoms with Crippen LogP contribution in [0.1, 0.15) is 34.9 Å². The van der Waals surface area contributed by atoms with Crippen LogP contribution in [0.3, 0.4) is 0 Å². The van der Waals surface area contributed by atoms with Crippen LogP contribution in [0.25, 0.3) is 83.4 Å². The molecule has 0 unspecified atom stereocenters. The lowest BCUT2D eigenvalue weighted by Gasteiger charge is -2.45. The van der Waals surface area contributed by atoms with Crippen LogP contribution in [0.2, 0.25) is 0 Å². The number of benzene rings is 9. The van der Waals surface area contributed by atoms with Crippen molar-refractivity contribution in [3.8, 4) is 56.2 Å². The lowest BCUT2D eigenvalue weighted by molar-refractivity contribution is 0.753. The zero-order chi connectivity index (χ0) is 47.5. The number of rotatable bonds is 8. The van der Waals surface area contributed by atoms with Crippen LogP contribution in [0.15, 0.2) is 255 Å². The van der Waals surface area contributed by atoms with Crippen LogP contribution in [-0.2, 0) is 5.41 Å². The first-order valence-corrected chi connectivity index (χ1v) is 24.2. The zero-order valence-electron chi connectivity index (χ0n) is 39.2. The van der Waals surface area contributed by atoms with Crippen LogP contribution in [0.4, 0.5) is 17.1 Å². The molecule has 0 saturated heterocycles. The summed E-state index contributed by atoms with van der Waals surface area (Å²) in [7, 11) is 0. The van der Waals surface area contributed by atoms with E-state index in [0.717, 1.165) is 72.4 Å². The summed E-state index contributed by atoms with van der Waals surface area (Å²) >= 11 is 0. The monoisotopic (exact) mass is 906 g/mol. The van der Waals surface area contributed by atoms with Gasteiger partial charge < -0.3 is 4.90 Å². The van der Waals surface area contributed by atoms with Crippen molar-refractivity contribution in [1.82, 2.24) is 15.0 Å². The van der Waals surface area contributed by atoms with Crippen LogP contribution in [0, 0.1) is 0 Å². The highest BCUT2D eigenvalue weighted by Gasteiger charge is 2.52. The van der Waals surface area contributed by atoms with Gasteiger partial charge in [-0.05, 0) is 99.5 Å². The van der Waals surface area contributed by atoms with Gasteiger partial charge in [-0.2, -0.15) is 0 Å². The summed E-state index contributed by atoms with van der Waals surface area (Å²) in [5.41, 5.74) is 20.4. The molecular weight excluding hydrogens is 861 g/mol. The Morgan fingerprint density at radius 2 is 1.08 bits per heavy atom. The van der Waals surface area contributed by atoms with E-state index < -0.39 is 5.41 Å². The number of para-hydroxylation sites is 4. The summed E-state index contributed by atoms with van der Waals surface area (Å²) in [6.45, 7) is 5.92. The van der Waals surface area contributed by atoms with Crippen LogP contribution in [0.5, 0.6) is 0 Å². The molecule has 334 valence electrons. The molecule has 11 aromatic rings. The van der Waals surface area contributed by atoms with E-state index in [1.54, 1.807) is 6.08 Å². The van der Waals surface area contributed by atoms with E-state index in [1.807, 2.05) is 30.4 Å². The molecule has 4 nitrogen and oxygen atoms in total. The fourth-order valence-electron chi connectivity index (χ4n) is 11.2. The molecule has 0 N–H and O–H groups in total. The van der Waals surface area contributed by atoms with Crippen molar-refractivity contribution >= 4 is 44.3 Å². The van der Waals surface area contributed by atoms with Crippen molar-refractivity contribution in [2.24, 2.45) is 0 Å². The normalized spacial score (nSPS) is 13.3. The molecule has 1 spiro atoms. The van der Waals surface area contributed by atoms with Crippen molar-refractivity contribution < 1.29 is 0 Å². The predicted octanol–water partition coefficient (Wildman–Crippen LogP) is 17.1. The smallest absolute Gasteiger partial charge is 0.160 e. The number of hydrogen-bond donors (Lipinski definition) is 0. The van der Waals surface area contributed by atoms with Gasteiger partial charge in [0, 0.05) is 38.5 Å². The molecule has 0 atom stereocenters. The average Bonchev–Trinajstić information content (AvgIpc) is 3.73. The number of fused-ring (bicyclic) bond motifs is 13. The minimum absolute atomic E-state index is 0.633. The maximum absolute atomic E-state index is 5.40. The summed E-state index contributed by atoms with van der Waals surface area (Å²) < 4.78 is 0. The third kappa shape index (κ3) is 6.71. The van der Waals surface area contributed by atoms with E-state index in [2.05, 4.69) is 231 Å². The topological polar surface area (TPSA) is 41.9 Å². The largest absolute Gasteiger partial charge is 0.310 e. The first-order valence-electron chi connectivity index (χ1n) is 24.2. The average molecular weight is 907 g/mol. The van der Waals surface area contributed by atoms with Gasteiger partial charge in [-0.3, -0.25) is 0 Å². The van der Waals surface area contributed by atoms with Gasteiger partial charge >= 0.3 is 0 Å². The van der Waals surface area contributed by atoms with Crippen molar-refractivity contribution in [2.75, 3.05) is 4.90 Å². The Labute approximate surface area is 414 Å². The van der Waals surface area contributed by atoms with Gasteiger partial charge in [0.2, 0.25) is 0 Å². The van der Waals surface area contributed by atoms with Crippen LogP contribution in [-0.4, -0.2) is 15.0 Å². The first kappa shape index (κ1) is 41.9. The molecule has 71 heavy (non-hydrogen) atoms. The predicted molar refractivity (Wildman–Crippen MR) is 295 cm³/mol. The Morgan fingerprint density at radius 3 is 1.80 bits per heavy atom. The van der Waals surface area contributed by atoms with Gasteiger partial charge in [-0.25, -0.2) is 15.0 Å². The number of allylic oxidation sites excluding steroid dienone is 5. The van der Waals surface area contributed by atoms with Gasteiger partial charge in [0.15, 0.2) is 5.82 Å². The first-order chi connectivity index (χ1) is 35.1. The second-order valence-corrected chi connectivity index (χ2v) is 18.3. The minimum atomic E-state index is -0.633. The summed E-state index contributed by atoms with van der Waals surface area (Å²) in [6.07, 6.45) is 7.76. The molecule has 0 saturated carbocycles. The molecule has 2 aromatic heterocycles. The van der Waals surface area contributed by atoms with Gasteiger partial charge in [0.1, 0.15) is 0 Å². The molecular formula is C67H46N4. The third-order valence-corrected chi connectivity index (χ3v) is 14.4. The molecule has 0 radical (unpaired) electrons. The van der Waals surface area contributed by atoms with E-state index in [0.29, 0.717) is 5.82 Å². The number of aromatic nitrogens is 3. The Hall–Kier alpha value is -9.25. The number of hydrogen-bond acceptors (Lipinski definition) is 4. The third-order valence-electron chi connectivity index (χ3n) is 14.4. The van der Waals surface area contributed by atoms with Gasteiger partial charge in [0.05, 0.1) is 39.4 Å². The lowest BCUT2D eigenvalue weighted by Crippen LogP contribution is -2.36. The quantitative estimate of drug-likeness (QED) is 0.113. The van der Waals surface area contributed by atoms with E-state index in [9.17, 15) is 0 Å². The molecule has 0 bridgehead atoms. The minimum Gasteiger partial charge on any atom is -0.310 e. The van der Waals surface area contributed by atoms with Crippen molar-refractivity contribution in [3.05, 3.63) is 283 Å². The molecule has 0 amide bonds. The maximum atomic E-state index is 5.40. The zero-order valence-corrected chi connectivity index (χ0v) is 39.2. The van der Waals surface area contributed by atoms with E-state index >= 15 is 0 Å². The van der Waals surface area contributed by atoms with Gasteiger partial charge in [-0.15, -0.1) is 0 Å². The van der Waals surface area contributed by atoms with Crippen LogP contribution < -0.4 is 4.90 Å². The van der Waals surface area contributed by atoms with E-state index in [4.69, 9.17) is 15.0 Å². The highest BCUT2D eigenvalue weighted by molar-refractivity contribution is 6.20. The number of pyridine rings is 1. The summed E-state index contributed by atoms with van der Waals surface area (Å²) in [5.74, 6) is 0.692. The fraction of sp³-hybridized carbons (Fsp3) is 0.0299. The number of anilines is 3. The van der Waals surface area contributed by atoms with Crippen molar-refractivity contribution in [1.29, 1.82) is 0 Å². The van der Waals surface area contributed by atoms with E-state index in [-0.39, 0.29) is 0 Å². The molecule has 9 aromatic carbocycles. The van der Waals surface area contributed by atoms with Crippen molar-refractivity contribution in [2.45, 2.75) is 12.3 Å². The lowest BCUT2D eigenvalue weighted by atomic mass is 9.64. The summed E-state index contributed by atoms with van der Waals surface area (Å²) in [4.78, 5) is 18.0. The molecule has 2 aliphatic rings. The molecule has 0 fully saturated rings. The number of nitrogens with zero attached hydrogens (tertiary/aromatic N) is 4. The molecule has 13 rings (SSSR count). The molecule has 1 aliphatic heterocycles. The highest BCUT2D eigenvalue weighted by Crippen LogP contribution is 2.65. The SMILES string of the molecule is C=C/C=C\C=C(/C)c1cc(-c2ccc(-c3ccc4c(c3)-c3c(ccc5c(-c6ccccc6)nc6ccccc6c35)C43c4ccccc4N(c4ccccc4)c4ccccc43)cc2)nc(-c2ccccc2)n1. The molecule has 1 aliphatic carbocycles. The molecule has 3 heterocycles. The summed E-state index contributed by atoms with van der Waals surface area (Å²) in [6, 6.07) is 81.3. The van der Waals surface area contributed by atoms with Gasteiger partial charge in [0.25, 0.3) is 0 Å². The second-order valence-electron chi connectivity index (χ2n) is 18.3.